The average Bonchev–Trinajstić information content (AvgIpc) is 3.19. The molecule has 8 nitrogen and oxygen atoms in total. The Bertz CT molecular complexity index is 1130. The van der Waals surface area contributed by atoms with Gasteiger partial charge in [-0.1, -0.05) is 12.1 Å². The van der Waals surface area contributed by atoms with Gasteiger partial charge in [0.15, 0.2) is 11.5 Å². The molecular weight excluding hydrogens is 330 g/mol. The lowest BCUT2D eigenvalue weighted by Gasteiger charge is -2.06. The highest BCUT2D eigenvalue weighted by atomic mass is 16.1. The van der Waals surface area contributed by atoms with Crippen molar-refractivity contribution in [3.05, 3.63) is 53.6 Å². The van der Waals surface area contributed by atoms with Crippen LogP contribution in [0.4, 0.5) is 5.69 Å². The summed E-state index contributed by atoms with van der Waals surface area (Å²) in [5, 5.41) is 15.0. The van der Waals surface area contributed by atoms with E-state index in [1.807, 2.05) is 51.2 Å². The van der Waals surface area contributed by atoms with Crippen molar-refractivity contribution in [3.8, 4) is 11.4 Å². The van der Waals surface area contributed by atoms with Crippen LogP contribution in [0, 0.1) is 13.8 Å². The maximum absolute atomic E-state index is 12.6. The molecule has 0 aliphatic heterocycles. The number of anilines is 1. The maximum atomic E-state index is 12.6. The van der Waals surface area contributed by atoms with Gasteiger partial charge in [-0.3, -0.25) is 14.6 Å². The first kappa shape index (κ1) is 15.9. The molecule has 0 atom stereocenters. The summed E-state index contributed by atoms with van der Waals surface area (Å²) in [4.78, 5) is 21.3. The van der Waals surface area contributed by atoms with Crippen molar-refractivity contribution >= 4 is 22.6 Å². The number of rotatable bonds is 3. The van der Waals surface area contributed by atoms with Gasteiger partial charge in [-0.15, -0.1) is 0 Å². The normalized spacial score (nSPS) is 11.0. The van der Waals surface area contributed by atoms with Gasteiger partial charge in [0, 0.05) is 29.9 Å². The Morgan fingerprint density at radius 2 is 2.08 bits per heavy atom. The minimum atomic E-state index is -0.231. The molecule has 4 aromatic rings. The number of nitrogens with one attached hydrogen (secondary N) is 2. The second-order valence-corrected chi connectivity index (χ2v) is 6.08. The molecule has 26 heavy (non-hydrogen) atoms. The summed E-state index contributed by atoms with van der Waals surface area (Å²) in [6, 6.07) is 9.21. The molecule has 0 fully saturated rings. The number of nitrogens with zero attached hydrogens (tertiary/aromatic N) is 5. The molecule has 0 aliphatic rings. The minimum absolute atomic E-state index is 0.231. The first-order valence-electron chi connectivity index (χ1n) is 8.11. The van der Waals surface area contributed by atoms with Crippen LogP contribution in [-0.2, 0) is 7.05 Å². The number of hydrogen-bond donors (Lipinski definition) is 2. The van der Waals surface area contributed by atoms with Gasteiger partial charge < -0.3 is 5.32 Å². The summed E-state index contributed by atoms with van der Waals surface area (Å²) in [5.41, 5.74) is 3.56. The van der Waals surface area contributed by atoms with E-state index in [9.17, 15) is 4.79 Å². The van der Waals surface area contributed by atoms with E-state index in [-0.39, 0.29) is 5.91 Å². The zero-order chi connectivity index (χ0) is 18.3. The van der Waals surface area contributed by atoms with E-state index >= 15 is 0 Å². The number of carbonyl (C=O) groups is 1. The van der Waals surface area contributed by atoms with Crippen molar-refractivity contribution in [1.82, 2.24) is 29.9 Å². The van der Waals surface area contributed by atoms with Gasteiger partial charge in [0.2, 0.25) is 0 Å². The Morgan fingerprint density at radius 1 is 1.23 bits per heavy atom. The number of fused-ring (bicyclic) bond motifs is 1. The molecule has 3 aromatic heterocycles. The van der Waals surface area contributed by atoms with Crippen LogP contribution >= 0.6 is 0 Å². The second kappa shape index (κ2) is 6.07. The number of amides is 1. The average molecular weight is 347 g/mol. The Hall–Kier alpha value is -3.55. The highest BCUT2D eigenvalue weighted by Crippen LogP contribution is 2.21. The lowest BCUT2D eigenvalue weighted by Crippen LogP contribution is -2.12. The third-order valence-electron chi connectivity index (χ3n) is 4.10. The molecule has 2 N–H and O–H groups in total. The van der Waals surface area contributed by atoms with Gasteiger partial charge in [0.1, 0.15) is 5.82 Å². The number of aryl methyl sites for hydroxylation is 3. The zero-order valence-corrected chi connectivity index (χ0v) is 14.6. The van der Waals surface area contributed by atoms with E-state index in [0.717, 1.165) is 28.1 Å². The van der Waals surface area contributed by atoms with Gasteiger partial charge >= 0.3 is 0 Å². The van der Waals surface area contributed by atoms with Gasteiger partial charge in [0.25, 0.3) is 5.91 Å². The number of aromatic amines is 1. The molecule has 4 rings (SSSR count). The molecule has 0 radical (unpaired) electrons. The fourth-order valence-corrected chi connectivity index (χ4v) is 2.84. The van der Waals surface area contributed by atoms with Crippen LogP contribution in [0.3, 0.4) is 0 Å². The highest BCUT2D eigenvalue weighted by Gasteiger charge is 2.13. The number of carbonyl (C=O) groups excluding carboxylic acids is 1. The summed E-state index contributed by atoms with van der Waals surface area (Å²) >= 11 is 0. The van der Waals surface area contributed by atoms with Crippen molar-refractivity contribution in [2.24, 2.45) is 7.05 Å². The minimum Gasteiger partial charge on any atom is -0.322 e. The molecule has 0 aliphatic carbocycles. The first-order chi connectivity index (χ1) is 12.5. The summed E-state index contributed by atoms with van der Waals surface area (Å²) < 4.78 is 1.70. The molecule has 130 valence electrons. The molecular formula is C18H17N7O. The van der Waals surface area contributed by atoms with Gasteiger partial charge in [0.05, 0.1) is 11.3 Å². The lowest BCUT2D eigenvalue weighted by atomic mass is 10.1. The monoisotopic (exact) mass is 347 g/mol. The number of hydrogen-bond acceptors (Lipinski definition) is 5. The number of aromatic nitrogens is 6. The third-order valence-corrected chi connectivity index (χ3v) is 4.10. The highest BCUT2D eigenvalue weighted by molar-refractivity contribution is 6.06. The fourth-order valence-electron chi connectivity index (χ4n) is 2.84. The fraction of sp³-hybridized carbons (Fsp3) is 0.167. The van der Waals surface area contributed by atoms with Gasteiger partial charge in [-0.05, 0) is 32.0 Å². The maximum Gasteiger partial charge on any atom is 0.257 e. The number of pyridine rings is 1. The predicted molar refractivity (Wildman–Crippen MR) is 97.8 cm³/mol. The summed E-state index contributed by atoms with van der Waals surface area (Å²) in [5.74, 6) is 1.10. The first-order valence-corrected chi connectivity index (χ1v) is 8.11. The molecule has 1 aromatic carbocycles. The van der Waals surface area contributed by atoms with Crippen molar-refractivity contribution in [1.29, 1.82) is 0 Å². The lowest BCUT2D eigenvalue weighted by molar-refractivity contribution is 0.102. The van der Waals surface area contributed by atoms with E-state index in [1.54, 1.807) is 10.9 Å². The third kappa shape index (κ3) is 2.81. The van der Waals surface area contributed by atoms with Crippen molar-refractivity contribution < 1.29 is 4.79 Å². The van der Waals surface area contributed by atoms with Crippen molar-refractivity contribution in [2.45, 2.75) is 13.8 Å². The SMILES string of the molecule is Cc1nc(-c2cccc(NC(=O)c3cnc4c(c3)c(C)nn4C)c2)n[nH]1. The van der Waals surface area contributed by atoms with Crippen LogP contribution < -0.4 is 5.32 Å². The Labute approximate surface area is 149 Å². The summed E-state index contributed by atoms with van der Waals surface area (Å²) in [6.07, 6.45) is 1.56. The van der Waals surface area contributed by atoms with E-state index in [2.05, 4.69) is 30.6 Å². The zero-order valence-electron chi connectivity index (χ0n) is 14.6. The van der Waals surface area contributed by atoms with Crippen LogP contribution in [0.5, 0.6) is 0 Å². The van der Waals surface area contributed by atoms with Gasteiger partial charge in [-0.25, -0.2) is 9.97 Å². The van der Waals surface area contributed by atoms with Crippen LogP contribution in [0.1, 0.15) is 21.9 Å². The number of H-pyrrole nitrogens is 1. The summed E-state index contributed by atoms with van der Waals surface area (Å²) in [6.45, 7) is 3.74. The standard InChI is InChI=1S/C18H17N7O/c1-10-15-8-13(9-19-17(15)25(3)24-10)18(26)21-14-6-4-5-12(7-14)16-20-11(2)22-23-16/h4-9H,1-3H3,(H,21,26)(H,20,22,23). The Morgan fingerprint density at radius 3 is 2.85 bits per heavy atom. The predicted octanol–water partition coefficient (Wildman–Crippen LogP) is 2.62. The topological polar surface area (TPSA) is 101 Å². The molecule has 0 unspecified atom stereocenters. The quantitative estimate of drug-likeness (QED) is 0.593. The van der Waals surface area contributed by atoms with E-state index in [1.165, 1.54) is 0 Å². The smallest absolute Gasteiger partial charge is 0.257 e. The summed E-state index contributed by atoms with van der Waals surface area (Å²) in [7, 11) is 1.83. The van der Waals surface area contributed by atoms with Crippen LogP contribution in [-0.4, -0.2) is 35.9 Å². The van der Waals surface area contributed by atoms with Crippen LogP contribution in [0.2, 0.25) is 0 Å². The molecule has 0 saturated carbocycles. The Balaban J connectivity index is 1.61. The van der Waals surface area contributed by atoms with Gasteiger partial charge in [-0.2, -0.15) is 10.2 Å². The van der Waals surface area contributed by atoms with Crippen molar-refractivity contribution in [2.75, 3.05) is 5.32 Å². The molecule has 0 saturated heterocycles. The Kier molecular flexibility index (Phi) is 3.72. The largest absolute Gasteiger partial charge is 0.322 e. The number of benzene rings is 1. The molecule has 3 heterocycles. The molecule has 1 amide bonds. The second-order valence-electron chi connectivity index (χ2n) is 6.08. The van der Waals surface area contributed by atoms with E-state index in [4.69, 9.17) is 0 Å². The molecule has 8 heteroatoms. The van der Waals surface area contributed by atoms with Crippen LogP contribution in [0.15, 0.2) is 36.5 Å². The van der Waals surface area contributed by atoms with Crippen LogP contribution in [0.25, 0.3) is 22.4 Å². The van der Waals surface area contributed by atoms with E-state index in [0.29, 0.717) is 17.1 Å². The van der Waals surface area contributed by atoms with Crippen molar-refractivity contribution in [3.63, 3.8) is 0 Å². The molecule has 0 bridgehead atoms. The molecule has 0 spiro atoms. The van der Waals surface area contributed by atoms with E-state index < -0.39 is 0 Å².